The van der Waals surface area contributed by atoms with Gasteiger partial charge in [-0.1, -0.05) is 0 Å². The van der Waals surface area contributed by atoms with Crippen molar-refractivity contribution in [3.8, 4) is 0 Å². The molecule has 0 bridgehead atoms. The minimum atomic E-state index is 0.686. The van der Waals surface area contributed by atoms with Crippen LogP contribution in [0.3, 0.4) is 0 Å². The molecule has 0 radical (unpaired) electrons. The van der Waals surface area contributed by atoms with Gasteiger partial charge in [0.2, 0.25) is 0 Å². The van der Waals surface area contributed by atoms with Crippen LogP contribution in [-0.4, -0.2) is 40.0 Å². The van der Waals surface area contributed by atoms with Gasteiger partial charge in [-0.15, -0.1) is 0 Å². The van der Waals surface area contributed by atoms with E-state index in [1.807, 2.05) is 0 Å². The van der Waals surface area contributed by atoms with Gasteiger partial charge in [0.1, 0.15) is 0 Å². The number of aryl methyl sites for hydroxylation is 1. The molecule has 0 spiro atoms. The average molecular weight is 234 g/mol. The Morgan fingerprint density at radius 2 is 2.41 bits per heavy atom. The normalized spacial score (nSPS) is 29.5. The molecule has 3 rings (SSSR count). The largest absolute Gasteiger partial charge is 0.348 e. The molecule has 3 heterocycles. The maximum absolute atomic E-state index is 4.34. The van der Waals surface area contributed by atoms with Gasteiger partial charge in [-0.3, -0.25) is 0 Å². The topological polar surface area (TPSA) is 44.0 Å². The number of aromatic nitrogens is 2. The molecule has 2 aliphatic heterocycles. The Kier molecular flexibility index (Phi) is 3.16. The van der Waals surface area contributed by atoms with E-state index in [9.17, 15) is 0 Å². The summed E-state index contributed by atoms with van der Waals surface area (Å²) in [5.74, 6) is 0. The molecule has 2 fully saturated rings. The van der Waals surface area contributed by atoms with Crippen LogP contribution in [0.15, 0.2) is 6.33 Å². The molecule has 4 nitrogen and oxygen atoms in total. The van der Waals surface area contributed by atoms with E-state index in [1.54, 1.807) is 6.33 Å². The monoisotopic (exact) mass is 234 g/mol. The molecule has 4 heteroatoms. The van der Waals surface area contributed by atoms with Crippen LogP contribution in [0.1, 0.15) is 37.1 Å². The van der Waals surface area contributed by atoms with Gasteiger partial charge in [0.25, 0.3) is 0 Å². The molecular formula is C13H22N4. The minimum absolute atomic E-state index is 0.686. The molecule has 0 aliphatic carbocycles. The van der Waals surface area contributed by atoms with Crippen LogP contribution < -0.4 is 5.32 Å². The molecule has 2 N–H and O–H groups in total. The van der Waals surface area contributed by atoms with E-state index < -0.39 is 0 Å². The first-order valence-electron chi connectivity index (χ1n) is 6.79. The van der Waals surface area contributed by atoms with Crippen molar-refractivity contribution in [3.05, 3.63) is 17.7 Å². The van der Waals surface area contributed by atoms with Crippen molar-refractivity contribution in [2.75, 3.05) is 13.1 Å². The number of H-pyrrole nitrogens is 1. The lowest BCUT2D eigenvalue weighted by Crippen LogP contribution is -2.45. The van der Waals surface area contributed by atoms with Crippen LogP contribution in [0, 0.1) is 6.92 Å². The first-order chi connectivity index (χ1) is 8.33. The number of imidazole rings is 1. The summed E-state index contributed by atoms with van der Waals surface area (Å²) in [5.41, 5.74) is 2.36. The lowest BCUT2D eigenvalue weighted by atomic mass is 9.97. The SMILES string of the molecule is Cc1[nH]cnc1CNC1CCN2CCCC2C1. The molecule has 0 amide bonds. The molecule has 2 aliphatic rings. The zero-order chi connectivity index (χ0) is 11.7. The van der Waals surface area contributed by atoms with Crippen LogP contribution in [0.2, 0.25) is 0 Å². The van der Waals surface area contributed by atoms with Gasteiger partial charge < -0.3 is 15.2 Å². The number of nitrogens with one attached hydrogen (secondary N) is 2. The fraction of sp³-hybridized carbons (Fsp3) is 0.769. The first kappa shape index (κ1) is 11.2. The summed E-state index contributed by atoms with van der Waals surface area (Å²) in [6.45, 7) is 5.61. The van der Waals surface area contributed by atoms with E-state index in [1.165, 1.54) is 50.2 Å². The van der Waals surface area contributed by atoms with Crippen LogP contribution in [0.25, 0.3) is 0 Å². The van der Waals surface area contributed by atoms with E-state index in [0.29, 0.717) is 6.04 Å². The summed E-state index contributed by atoms with van der Waals surface area (Å²) in [4.78, 5) is 10.1. The maximum Gasteiger partial charge on any atom is 0.0925 e. The van der Waals surface area contributed by atoms with Gasteiger partial charge in [0, 0.05) is 24.3 Å². The number of aromatic amines is 1. The van der Waals surface area contributed by atoms with Gasteiger partial charge in [0.15, 0.2) is 0 Å². The molecule has 1 aromatic rings. The Hall–Kier alpha value is -0.870. The Morgan fingerprint density at radius 3 is 3.24 bits per heavy atom. The van der Waals surface area contributed by atoms with Crippen molar-refractivity contribution < 1.29 is 0 Å². The zero-order valence-corrected chi connectivity index (χ0v) is 10.6. The highest BCUT2D eigenvalue weighted by molar-refractivity contribution is 5.08. The minimum Gasteiger partial charge on any atom is -0.348 e. The molecule has 17 heavy (non-hydrogen) atoms. The fourth-order valence-corrected chi connectivity index (χ4v) is 3.22. The van der Waals surface area contributed by atoms with Crippen molar-refractivity contribution >= 4 is 0 Å². The van der Waals surface area contributed by atoms with Crippen LogP contribution in [-0.2, 0) is 6.54 Å². The highest BCUT2D eigenvalue weighted by Gasteiger charge is 2.31. The van der Waals surface area contributed by atoms with Crippen molar-refractivity contribution in [2.24, 2.45) is 0 Å². The number of hydrogen-bond donors (Lipinski definition) is 2. The second-order valence-corrected chi connectivity index (χ2v) is 5.41. The predicted molar refractivity (Wildman–Crippen MR) is 67.8 cm³/mol. The Bertz CT molecular complexity index is 373. The molecule has 2 saturated heterocycles. The average Bonchev–Trinajstić information content (AvgIpc) is 2.94. The lowest BCUT2D eigenvalue weighted by molar-refractivity contribution is 0.166. The third kappa shape index (κ3) is 2.38. The fourth-order valence-electron chi connectivity index (χ4n) is 3.22. The van der Waals surface area contributed by atoms with Gasteiger partial charge in [-0.25, -0.2) is 4.98 Å². The van der Waals surface area contributed by atoms with Crippen molar-refractivity contribution in [2.45, 2.75) is 51.2 Å². The Balaban J connectivity index is 1.51. The van der Waals surface area contributed by atoms with Crippen LogP contribution in [0.4, 0.5) is 0 Å². The highest BCUT2D eigenvalue weighted by Crippen LogP contribution is 2.26. The predicted octanol–water partition coefficient (Wildman–Crippen LogP) is 1.43. The summed E-state index contributed by atoms with van der Waals surface area (Å²) in [5, 5.41) is 3.67. The zero-order valence-electron chi connectivity index (χ0n) is 10.6. The molecule has 1 aromatic heterocycles. The summed E-state index contributed by atoms with van der Waals surface area (Å²) in [6, 6.07) is 1.53. The van der Waals surface area contributed by atoms with Gasteiger partial charge in [0.05, 0.1) is 12.0 Å². The molecule has 0 saturated carbocycles. The smallest absolute Gasteiger partial charge is 0.0925 e. The number of piperidine rings is 1. The second kappa shape index (κ2) is 4.78. The standard InChI is InChI=1S/C13H22N4/c1-10-13(16-9-15-10)8-14-11-4-6-17-5-2-3-12(17)7-11/h9,11-12,14H,2-8H2,1H3,(H,15,16). The van der Waals surface area contributed by atoms with Gasteiger partial charge in [-0.2, -0.15) is 0 Å². The van der Waals surface area contributed by atoms with E-state index >= 15 is 0 Å². The van der Waals surface area contributed by atoms with E-state index in [0.717, 1.165) is 12.6 Å². The highest BCUT2D eigenvalue weighted by atomic mass is 15.2. The van der Waals surface area contributed by atoms with Gasteiger partial charge in [-0.05, 0) is 45.7 Å². The molecule has 94 valence electrons. The quantitative estimate of drug-likeness (QED) is 0.831. The van der Waals surface area contributed by atoms with E-state index in [-0.39, 0.29) is 0 Å². The van der Waals surface area contributed by atoms with Crippen LogP contribution >= 0.6 is 0 Å². The van der Waals surface area contributed by atoms with E-state index in [4.69, 9.17) is 0 Å². The number of rotatable bonds is 3. The lowest BCUT2D eigenvalue weighted by Gasteiger charge is -2.35. The number of hydrogen-bond acceptors (Lipinski definition) is 3. The summed E-state index contributed by atoms with van der Waals surface area (Å²) < 4.78 is 0. The Labute approximate surface area is 103 Å². The number of nitrogens with zero attached hydrogens (tertiary/aromatic N) is 2. The molecule has 2 unspecified atom stereocenters. The molecular weight excluding hydrogens is 212 g/mol. The van der Waals surface area contributed by atoms with Crippen molar-refractivity contribution in [3.63, 3.8) is 0 Å². The van der Waals surface area contributed by atoms with Gasteiger partial charge >= 0.3 is 0 Å². The van der Waals surface area contributed by atoms with Crippen molar-refractivity contribution in [1.29, 1.82) is 0 Å². The summed E-state index contributed by atoms with van der Waals surface area (Å²) in [6.07, 6.45) is 7.20. The summed E-state index contributed by atoms with van der Waals surface area (Å²) in [7, 11) is 0. The third-order valence-corrected chi connectivity index (χ3v) is 4.31. The Morgan fingerprint density at radius 1 is 1.47 bits per heavy atom. The summed E-state index contributed by atoms with van der Waals surface area (Å²) >= 11 is 0. The number of fused-ring (bicyclic) bond motifs is 1. The molecule has 2 atom stereocenters. The van der Waals surface area contributed by atoms with E-state index in [2.05, 4.69) is 27.1 Å². The maximum atomic E-state index is 4.34. The molecule has 0 aromatic carbocycles. The van der Waals surface area contributed by atoms with Crippen molar-refractivity contribution in [1.82, 2.24) is 20.2 Å². The third-order valence-electron chi connectivity index (χ3n) is 4.31. The second-order valence-electron chi connectivity index (χ2n) is 5.41. The first-order valence-corrected chi connectivity index (χ1v) is 6.79. The van der Waals surface area contributed by atoms with Crippen LogP contribution in [0.5, 0.6) is 0 Å².